The van der Waals surface area contributed by atoms with Crippen molar-refractivity contribution in [2.75, 3.05) is 13.7 Å². The molecule has 1 aromatic heterocycles. The molecule has 5 heteroatoms. The molecule has 0 aliphatic heterocycles. The lowest BCUT2D eigenvalue weighted by atomic mass is 10.2. The Hall–Kier alpha value is -1.72. The molecule has 0 unspecified atom stereocenters. The number of nitrogens with one attached hydrogen (secondary N) is 1. The second-order valence-electron chi connectivity index (χ2n) is 4.00. The summed E-state index contributed by atoms with van der Waals surface area (Å²) in [5.74, 6) is -0.198. The van der Waals surface area contributed by atoms with Gasteiger partial charge >= 0.3 is 5.97 Å². The molecule has 0 radical (unpaired) electrons. The fraction of sp³-hybridized carbons (Fsp3) is 0.286. The number of benzene rings is 1. The Bertz CT molecular complexity index is 525. The second-order valence-corrected chi connectivity index (χ2v) is 4.94. The van der Waals surface area contributed by atoms with Crippen LogP contribution in [0.5, 0.6) is 0 Å². The molecule has 0 fully saturated rings. The minimum atomic E-state index is -0.198. The van der Waals surface area contributed by atoms with Gasteiger partial charge < -0.3 is 10.1 Å². The van der Waals surface area contributed by atoms with Gasteiger partial charge in [-0.3, -0.25) is 4.79 Å². The van der Waals surface area contributed by atoms with Gasteiger partial charge in [0, 0.05) is 24.0 Å². The molecule has 1 aromatic carbocycles. The molecule has 2 aromatic rings. The van der Waals surface area contributed by atoms with Crippen LogP contribution >= 0.6 is 11.3 Å². The van der Waals surface area contributed by atoms with E-state index in [0.29, 0.717) is 19.5 Å². The average molecular weight is 276 g/mol. The van der Waals surface area contributed by atoms with E-state index in [0.717, 1.165) is 16.3 Å². The van der Waals surface area contributed by atoms with Crippen LogP contribution < -0.4 is 5.32 Å². The van der Waals surface area contributed by atoms with Crippen LogP contribution in [0.2, 0.25) is 0 Å². The van der Waals surface area contributed by atoms with E-state index in [-0.39, 0.29) is 5.97 Å². The van der Waals surface area contributed by atoms with Gasteiger partial charge in [0.1, 0.15) is 5.01 Å². The Balaban J connectivity index is 1.83. The normalized spacial score (nSPS) is 10.4. The van der Waals surface area contributed by atoms with Crippen molar-refractivity contribution in [3.05, 3.63) is 40.7 Å². The molecule has 100 valence electrons. The number of aromatic nitrogens is 1. The van der Waals surface area contributed by atoms with Crippen LogP contribution in [0.15, 0.2) is 35.7 Å². The van der Waals surface area contributed by atoms with Gasteiger partial charge in [0.25, 0.3) is 0 Å². The van der Waals surface area contributed by atoms with E-state index in [1.807, 2.05) is 35.7 Å². The van der Waals surface area contributed by atoms with Gasteiger partial charge in [-0.2, -0.15) is 0 Å². The summed E-state index contributed by atoms with van der Waals surface area (Å²) < 4.78 is 4.57. The summed E-state index contributed by atoms with van der Waals surface area (Å²) in [7, 11) is 1.40. The van der Waals surface area contributed by atoms with Crippen LogP contribution in [-0.4, -0.2) is 24.6 Å². The van der Waals surface area contributed by atoms with Crippen LogP contribution in [0.25, 0.3) is 11.3 Å². The van der Waals surface area contributed by atoms with Crippen molar-refractivity contribution in [3.63, 3.8) is 0 Å². The van der Waals surface area contributed by atoms with Crippen LogP contribution in [0, 0.1) is 0 Å². The molecule has 1 heterocycles. The number of rotatable bonds is 6. The maximum absolute atomic E-state index is 10.9. The van der Waals surface area contributed by atoms with Crippen molar-refractivity contribution in [1.29, 1.82) is 0 Å². The first-order chi connectivity index (χ1) is 9.29. The van der Waals surface area contributed by atoms with Gasteiger partial charge in [0.05, 0.1) is 19.2 Å². The number of carbonyl (C=O) groups excluding carboxylic acids is 1. The topological polar surface area (TPSA) is 51.2 Å². The van der Waals surface area contributed by atoms with Gasteiger partial charge in [0.2, 0.25) is 0 Å². The van der Waals surface area contributed by atoms with E-state index < -0.39 is 0 Å². The number of carbonyl (C=O) groups is 1. The quantitative estimate of drug-likeness (QED) is 0.650. The van der Waals surface area contributed by atoms with Crippen LogP contribution in [-0.2, 0) is 16.1 Å². The van der Waals surface area contributed by atoms with E-state index in [1.165, 1.54) is 7.11 Å². The van der Waals surface area contributed by atoms with Crippen molar-refractivity contribution in [2.24, 2.45) is 0 Å². The maximum Gasteiger partial charge on any atom is 0.306 e. The summed E-state index contributed by atoms with van der Waals surface area (Å²) in [5.41, 5.74) is 2.12. The monoisotopic (exact) mass is 276 g/mol. The molecule has 0 atom stereocenters. The summed E-state index contributed by atoms with van der Waals surface area (Å²) in [6.07, 6.45) is 0.382. The molecule has 0 saturated heterocycles. The molecular weight excluding hydrogens is 260 g/mol. The van der Waals surface area contributed by atoms with Crippen molar-refractivity contribution < 1.29 is 9.53 Å². The number of thiazole rings is 1. The Morgan fingerprint density at radius 1 is 1.37 bits per heavy atom. The molecular formula is C14H16N2O2S. The minimum Gasteiger partial charge on any atom is -0.469 e. The molecule has 0 aliphatic carbocycles. The predicted octanol–water partition coefficient (Wildman–Crippen LogP) is 2.46. The number of methoxy groups -OCH3 is 1. The number of hydrogen-bond acceptors (Lipinski definition) is 5. The third-order valence-corrected chi connectivity index (χ3v) is 3.48. The second kappa shape index (κ2) is 7.01. The van der Waals surface area contributed by atoms with Crippen LogP contribution in [0.1, 0.15) is 11.4 Å². The Morgan fingerprint density at radius 3 is 2.89 bits per heavy atom. The molecule has 0 amide bonds. The lowest BCUT2D eigenvalue weighted by Crippen LogP contribution is -2.18. The Kier molecular flexibility index (Phi) is 5.06. The highest BCUT2D eigenvalue weighted by Crippen LogP contribution is 2.21. The molecule has 19 heavy (non-hydrogen) atoms. The third-order valence-electron chi connectivity index (χ3n) is 2.63. The highest BCUT2D eigenvalue weighted by Gasteiger charge is 2.04. The van der Waals surface area contributed by atoms with Crippen molar-refractivity contribution in [3.8, 4) is 11.3 Å². The van der Waals surface area contributed by atoms with Crippen molar-refractivity contribution in [1.82, 2.24) is 10.3 Å². The molecule has 4 nitrogen and oxygen atoms in total. The number of nitrogens with zero attached hydrogens (tertiary/aromatic N) is 1. The number of esters is 1. The number of hydrogen-bond donors (Lipinski definition) is 1. The van der Waals surface area contributed by atoms with Crippen LogP contribution in [0.4, 0.5) is 0 Å². The lowest BCUT2D eigenvalue weighted by Gasteiger charge is -2.01. The summed E-state index contributed by atoms with van der Waals surface area (Å²) in [6.45, 7) is 1.28. The van der Waals surface area contributed by atoms with Crippen molar-refractivity contribution in [2.45, 2.75) is 13.0 Å². The fourth-order valence-electron chi connectivity index (χ4n) is 1.62. The van der Waals surface area contributed by atoms with E-state index in [4.69, 9.17) is 0 Å². The van der Waals surface area contributed by atoms with Gasteiger partial charge in [-0.05, 0) is 0 Å². The minimum absolute atomic E-state index is 0.198. The predicted molar refractivity (Wildman–Crippen MR) is 75.9 cm³/mol. The van der Waals surface area contributed by atoms with E-state index in [9.17, 15) is 4.79 Å². The first kappa shape index (κ1) is 13.7. The lowest BCUT2D eigenvalue weighted by molar-refractivity contribution is -0.140. The number of ether oxygens (including phenoxy) is 1. The zero-order valence-corrected chi connectivity index (χ0v) is 11.6. The van der Waals surface area contributed by atoms with E-state index in [2.05, 4.69) is 15.0 Å². The van der Waals surface area contributed by atoms with Gasteiger partial charge in [0.15, 0.2) is 0 Å². The Morgan fingerprint density at radius 2 is 2.16 bits per heavy atom. The molecule has 0 spiro atoms. The van der Waals surface area contributed by atoms with E-state index in [1.54, 1.807) is 11.3 Å². The third kappa shape index (κ3) is 4.15. The molecule has 0 saturated carbocycles. The maximum atomic E-state index is 10.9. The van der Waals surface area contributed by atoms with Crippen molar-refractivity contribution >= 4 is 17.3 Å². The van der Waals surface area contributed by atoms with E-state index >= 15 is 0 Å². The van der Waals surface area contributed by atoms with Gasteiger partial charge in [-0.1, -0.05) is 30.3 Å². The zero-order valence-electron chi connectivity index (χ0n) is 10.8. The molecule has 0 aliphatic rings. The highest BCUT2D eigenvalue weighted by atomic mass is 32.1. The highest BCUT2D eigenvalue weighted by molar-refractivity contribution is 7.09. The zero-order chi connectivity index (χ0) is 13.5. The smallest absolute Gasteiger partial charge is 0.306 e. The SMILES string of the molecule is COC(=O)CCNCc1nc(-c2ccccc2)cs1. The summed E-state index contributed by atoms with van der Waals surface area (Å²) >= 11 is 1.62. The largest absolute Gasteiger partial charge is 0.469 e. The standard InChI is InChI=1S/C14H16N2O2S/c1-18-14(17)7-8-15-9-13-16-12(10-19-13)11-5-3-2-4-6-11/h2-6,10,15H,7-9H2,1H3. The average Bonchev–Trinajstić information content (AvgIpc) is 2.93. The fourth-order valence-corrected chi connectivity index (χ4v) is 2.39. The van der Waals surface area contributed by atoms with Crippen LogP contribution in [0.3, 0.4) is 0 Å². The summed E-state index contributed by atoms with van der Waals surface area (Å²) in [4.78, 5) is 15.5. The summed E-state index contributed by atoms with van der Waals surface area (Å²) in [6, 6.07) is 10.1. The first-order valence-electron chi connectivity index (χ1n) is 6.07. The molecule has 2 rings (SSSR count). The Labute approximate surface area is 116 Å². The molecule has 0 bridgehead atoms. The van der Waals surface area contributed by atoms with Gasteiger partial charge in [-0.15, -0.1) is 11.3 Å². The summed E-state index contributed by atoms with van der Waals surface area (Å²) in [5, 5.41) is 6.24. The first-order valence-corrected chi connectivity index (χ1v) is 6.95. The molecule has 1 N–H and O–H groups in total. The van der Waals surface area contributed by atoms with Gasteiger partial charge in [-0.25, -0.2) is 4.98 Å².